The summed E-state index contributed by atoms with van der Waals surface area (Å²) in [4.78, 5) is 16.9. The second kappa shape index (κ2) is 5.16. The van der Waals surface area contributed by atoms with Crippen molar-refractivity contribution in [2.75, 3.05) is 0 Å². The number of benzene rings is 1. The predicted molar refractivity (Wildman–Crippen MR) is 86.3 cm³/mol. The van der Waals surface area contributed by atoms with Crippen molar-refractivity contribution < 1.29 is 15.0 Å². The number of hydrogen-bond acceptors (Lipinski definition) is 4. The van der Waals surface area contributed by atoms with Crippen LogP contribution >= 0.6 is 11.6 Å². The summed E-state index contributed by atoms with van der Waals surface area (Å²) >= 11 is 6.18. The van der Waals surface area contributed by atoms with Crippen molar-refractivity contribution in [2.45, 2.75) is 37.0 Å². The van der Waals surface area contributed by atoms with Crippen LogP contribution in [0.3, 0.4) is 0 Å². The van der Waals surface area contributed by atoms with Crippen LogP contribution in [0.4, 0.5) is 0 Å². The van der Waals surface area contributed by atoms with Gasteiger partial charge in [0.15, 0.2) is 0 Å². The molecule has 1 aromatic carbocycles. The summed E-state index contributed by atoms with van der Waals surface area (Å²) in [7, 11) is 0. The van der Waals surface area contributed by atoms with Gasteiger partial charge in [-0.15, -0.1) is 0 Å². The van der Waals surface area contributed by atoms with Crippen LogP contribution in [0.2, 0.25) is 5.02 Å². The lowest BCUT2D eigenvalue weighted by Gasteiger charge is -2.34. The van der Waals surface area contributed by atoms with Gasteiger partial charge in [-0.05, 0) is 37.3 Å². The lowest BCUT2D eigenvalue weighted by atomic mass is 9.88. The average Bonchev–Trinajstić information content (AvgIpc) is 3.06. The molecule has 23 heavy (non-hydrogen) atoms. The monoisotopic (exact) mass is 332 g/mol. The summed E-state index contributed by atoms with van der Waals surface area (Å²) in [5, 5.41) is 25.2. The molecular formula is C17H17ClN2O3. The molecule has 1 aromatic heterocycles. The van der Waals surface area contributed by atoms with E-state index in [4.69, 9.17) is 11.6 Å². The first-order valence-electron chi connectivity index (χ1n) is 7.74. The summed E-state index contributed by atoms with van der Waals surface area (Å²) < 4.78 is 0. The van der Waals surface area contributed by atoms with Crippen molar-refractivity contribution in [3.8, 4) is 0 Å². The molecule has 1 heterocycles. The number of amides is 1. The minimum Gasteiger partial charge on any atom is -0.390 e. The highest BCUT2D eigenvalue weighted by atomic mass is 35.5. The third kappa shape index (κ3) is 2.15. The Balaban J connectivity index is 1.70. The van der Waals surface area contributed by atoms with Gasteiger partial charge in [-0.1, -0.05) is 23.7 Å². The number of carbonyl (C=O) groups excluding carboxylic acids is 1. The van der Waals surface area contributed by atoms with Gasteiger partial charge in [-0.3, -0.25) is 9.78 Å². The van der Waals surface area contributed by atoms with Gasteiger partial charge in [0.1, 0.15) is 11.8 Å². The van der Waals surface area contributed by atoms with Crippen molar-refractivity contribution in [3.05, 3.63) is 41.2 Å². The van der Waals surface area contributed by atoms with Gasteiger partial charge < -0.3 is 15.5 Å². The number of halogens is 1. The van der Waals surface area contributed by atoms with Crippen LogP contribution in [0, 0.1) is 5.92 Å². The highest BCUT2D eigenvalue weighted by Crippen LogP contribution is 2.48. The number of pyridine rings is 1. The zero-order chi connectivity index (χ0) is 16.2. The first-order valence-corrected chi connectivity index (χ1v) is 8.11. The first kappa shape index (κ1) is 14.9. The fraction of sp³-hybridized carbons (Fsp3) is 0.412. The van der Waals surface area contributed by atoms with Gasteiger partial charge in [0.05, 0.1) is 11.6 Å². The molecule has 5 nitrogen and oxygen atoms in total. The van der Waals surface area contributed by atoms with Gasteiger partial charge in [0.2, 0.25) is 0 Å². The molecule has 0 spiro atoms. The Morgan fingerprint density at radius 3 is 2.87 bits per heavy atom. The van der Waals surface area contributed by atoms with E-state index < -0.39 is 17.7 Å². The maximum absolute atomic E-state index is 12.8. The smallest absolute Gasteiger partial charge is 0.271 e. The molecule has 4 atom stereocenters. The molecular weight excluding hydrogens is 316 g/mol. The second-order valence-electron chi connectivity index (χ2n) is 6.54. The maximum atomic E-state index is 12.8. The van der Waals surface area contributed by atoms with E-state index in [1.54, 1.807) is 30.5 Å². The van der Waals surface area contributed by atoms with Crippen LogP contribution < -0.4 is 5.32 Å². The topological polar surface area (TPSA) is 82.5 Å². The summed E-state index contributed by atoms with van der Waals surface area (Å²) in [6.45, 7) is 0. The summed E-state index contributed by atoms with van der Waals surface area (Å²) in [6.07, 6.45) is 1.95. The maximum Gasteiger partial charge on any atom is 0.271 e. The zero-order valence-corrected chi connectivity index (χ0v) is 13.1. The molecule has 2 aliphatic rings. The molecule has 2 aliphatic carbocycles. The normalized spacial score (nSPS) is 32.4. The molecule has 2 aromatic rings. The van der Waals surface area contributed by atoms with Gasteiger partial charge in [0.25, 0.3) is 5.91 Å². The predicted octanol–water partition coefficient (Wildman–Crippen LogP) is 1.89. The standard InChI is InChI=1S/C17H17ClN2O3/c18-12-3-1-2-11-10(12)5-7-19-13(11)16(23)20-17-6-4-9(8-17)14(21)15(17)22/h1-3,5,7,9,14-15,21-22H,4,6,8H2,(H,20,23)/t9?,14-,15-,17?/m0/s1. The Kier molecular flexibility index (Phi) is 3.34. The third-order valence-electron chi connectivity index (χ3n) is 5.29. The number of nitrogens with one attached hydrogen (secondary N) is 1. The molecule has 0 saturated heterocycles. The SMILES string of the molecule is O=C(NC12CCC(C1)[C@H](O)[C@@H]2O)c1nccc2c(Cl)cccc12. The number of aliphatic hydroxyl groups is 2. The highest BCUT2D eigenvalue weighted by Gasteiger charge is 2.57. The molecule has 0 aliphatic heterocycles. The lowest BCUT2D eigenvalue weighted by molar-refractivity contribution is -0.0321. The molecule has 1 amide bonds. The first-order chi connectivity index (χ1) is 11.0. The second-order valence-corrected chi connectivity index (χ2v) is 6.95. The number of rotatable bonds is 2. The van der Waals surface area contributed by atoms with Crippen LogP contribution in [-0.2, 0) is 0 Å². The molecule has 2 bridgehead atoms. The van der Waals surface area contributed by atoms with Crippen LogP contribution in [0.5, 0.6) is 0 Å². The molecule has 6 heteroatoms. The molecule has 4 rings (SSSR count). The number of aliphatic hydroxyl groups excluding tert-OH is 2. The molecule has 2 saturated carbocycles. The third-order valence-corrected chi connectivity index (χ3v) is 5.62. The van der Waals surface area contributed by atoms with E-state index in [1.807, 2.05) is 0 Å². The molecule has 2 fully saturated rings. The Labute approximate surface area is 138 Å². The number of nitrogens with zero attached hydrogens (tertiary/aromatic N) is 1. The molecule has 120 valence electrons. The van der Waals surface area contributed by atoms with Gasteiger partial charge in [-0.2, -0.15) is 0 Å². The average molecular weight is 333 g/mol. The van der Waals surface area contributed by atoms with Crippen LogP contribution in [0.15, 0.2) is 30.5 Å². The fourth-order valence-corrected chi connectivity index (χ4v) is 4.32. The fourth-order valence-electron chi connectivity index (χ4n) is 4.08. The van der Waals surface area contributed by atoms with Gasteiger partial charge in [0, 0.05) is 22.0 Å². The molecule has 0 radical (unpaired) electrons. The Bertz CT molecular complexity index is 797. The van der Waals surface area contributed by atoms with E-state index in [-0.39, 0.29) is 17.5 Å². The number of carbonyl (C=O) groups is 1. The van der Waals surface area contributed by atoms with E-state index in [0.29, 0.717) is 23.3 Å². The largest absolute Gasteiger partial charge is 0.390 e. The van der Waals surface area contributed by atoms with Crippen molar-refractivity contribution in [1.82, 2.24) is 10.3 Å². The minimum absolute atomic E-state index is 0.0558. The van der Waals surface area contributed by atoms with Crippen LogP contribution in [0.1, 0.15) is 29.8 Å². The number of fused-ring (bicyclic) bond motifs is 3. The zero-order valence-electron chi connectivity index (χ0n) is 12.4. The molecule has 2 unspecified atom stereocenters. The number of aromatic nitrogens is 1. The quantitative estimate of drug-likeness (QED) is 0.784. The Morgan fingerprint density at radius 2 is 2.13 bits per heavy atom. The van der Waals surface area contributed by atoms with Crippen LogP contribution in [-0.4, -0.2) is 38.9 Å². The van der Waals surface area contributed by atoms with Gasteiger partial charge >= 0.3 is 0 Å². The summed E-state index contributed by atoms with van der Waals surface area (Å²) in [5.74, 6) is -0.285. The van der Waals surface area contributed by atoms with E-state index in [1.165, 1.54) is 0 Å². The summed E-state index contributed by atoms with van der Waals surface area (Å²) in [5.41, 5.74) is -0.458. The van der Waals surface area contributed by atoms with Crippen molar-refractivity contribution in [3.63, 3.8) is 0 Å². The van der Waals surface area contributed by atoms with Crippen molar-refractivity contribution in [2.24, 2.45) is 5.92 Å². The Hall–Kier alpha value is -1.69. The van der Waals surface area contributed by atoms with E-state index in [2.05, 4.69) is 10.3 Å². The summed E-state index contributed by atoms with van der Waals surface area (Å²) in [6, 6.07) is 7.12. The Morgan fingerprint density at radius 1 is 1.30 bits per heavy atom. The lowest BCUT2D eigenvalue weighted by Crippen LogP contribution is -2.56. The van der Waals surface area contributed by atoms with Crippen molar-refractivity contribution in [1.29, 1.82) is 0 Å². The van der Waals surface area contributed by atoms with Gasteiger partial charge in [-0.25, -0.2) is 0 Å². The van der Waals surface area contributed by atoms with E-state index in [9.17, 15) is 15.0 Å². The van der Waals surface area contributed by atoms with Crippen LogP contribution in [0.25, 0.3) is 10.8 Å². The van der Waals surface area contributed by atoms with E-state index in [0.717, 1.165) is 11.8 Å². The van der Waals surface area contributed by atoms with E-state index >= 15 is 0 Å². The number of hydrogen-bond donors (Lipinski definition) is 3. The van der Waals surface area contributed by atoms with Crippen molar-refractivity contribution >= 4 is 28.3 Å². The minimum atomic E-state index is -0.927. The molecule has 3 N–H and O–H groups in total. The highest BCUT2D eigenvalue weighted by molar-refractivity contribution is 6.35.